The lowest BCUT2D eigenvalue weighted by molar-refractivity contribution is -0.470. The topological polar surface area (TPSA) is 160 Å². The number of carbonyl (C=O) groups excluding carboxylic acids is 3. The maximum absolute atomic E-state index is 13.3. The second-order valence-electron chi connectivity index (χ2n) is 16.4. The summed E-state index contributed by atoms with van der Waals surface area (Å²) >= 11 is 0. The van der Waals surface area contributed by atoms with Gasteiger partial charge < -0.3 is 43.1 Å². The number of ether oxygens (including phenoxy) is 6. The lowest BCUT2D eigenvalue weighted by atomic mass is 9.33. The van der Waals surface area contributed by atoms with Crippen LogP contribution in [0.5, 0.6) is 0 Å². The number of hydrogen-bond acceptors (Lipinski definition) is 12. The number of esters is 2. The number of carbonyl (C=O) groups is 3. The fourth-order valence-corrected chi connectivity index (χ4v) is 12.7. The molecule has 6 aliphatic rings. The molecule has 1 aromatic heterocycles. The molecule has 4 bridgehead atoms. The highest BCUT2D eigenvalue weighted by molar-refractivity contribution is 5.70. The SMILES string of the molecule is COC(=O)CC1C2(C)CC3(O)C(OC=O)C45OC6(C)OC3(C2)C1(C)C4(CCC(C)(C(OC(C)=O)c1ccoc1)C5/C(C)=C(/O)C(C)C)O6. The zero-order chi connectivity index (χ0) is 35.1. The lowest BCUT2D eigenvalue weighted by Gasteiger charge is -2.76. The van der Waals surface area contributed by atoms with Gasteiger partial charge in [0.2, 0.25) is 0 Å². The molecule has 12 nitrogen and oxygen atoms in total. The molecule has 7 rings (SSSR count). The molecule has 12 heteroatoms. The van der Waals surface area contributed by atoms with E-state index in [-0.39, 0.29) is 24.5 Å². The maximum Gasteiger partial charge on any atom is 0.305 e. The minimum atomic E-state index is -1.80. The van der Waals surface area contributed by atoms with Gasteiger partial charge in [0.15, 0.2) is 11.7 Å². The summed E-state index contributed by atoms with van der Waals surface area (Å²) in [5.74, 6) is -4.17. The highest BCUT2D eigenvalue weighted by Gasteiger charge is 3.01. The van der Waals surface area contributed by atoms with Crippen LogP contribution in [0.15, 0.2) is 34.3 Å². The number of furan rings is 1. The van der Waals surface area contributed by atoms with Crippen LogP contribution in [0.4, 0.5) is 0 Å². The highest BCUT2D eigenvalue weighted by Crippen LogP contribution is 2.89. The zero-order valence-corrected chi connectivity index (χ0v) is 29.2. The number of rotatable bonds is 9. The molecule has 48 heavy (non-hydrogen) atoms. The smallest absolute Gasteiger partial charge is 0.305 e. The standard InChI is InChI=1S/C36H48O12/c1-19(2)25(40)20(3)26-30(6,27(45-21(4)38)22-10-13-43-15-22)11-12-34-31(7)23(14-24(39)42-9)29(5)16-33(41)28(44-18-37)36(26,34)48-32(8,46-34)47-35(31,33)17-29/h10,13,15,18-19,23,26-28,40-41H,11-12,14,16-17H2,1-9H3/b25-20+. The van der Waals surface area contributed by atoms with Crippen molar-refractivity contribution in [1.82, 2.24) is 0 Å². The molecule has 0 amide bonds. The van der Waals surface area contributed by atoms with Crippen molar-refractivity contribution >= 4 is 18.4 Å². The summed E-state index contributed by atoms with van der Waals surface area (Å²) in [4.78, 5) is 38.6. The van der Waals surface area contributed by atoms with E-state index in [0.29, 0.717) is 36.9 Å². The number of allylic oxidation sites excluding steroid dienone is 1. The summed E-state index contributed by atoms with van der Waals surface area (Å²) in [5.41, 5.74) is -7.87. The van der Waals surface area contributed by atoms with Gasteiger partial charge in [0, 0.05) is 48.5 Å². The Labute approximate surface area is 280 Å². The fraction of sp³-hybridized carbons (Fsp3) is 0.750. The van der Waals surface area contributed by atoms with Crippen molar-refractivity contribution in [3.8, 4) is 0 Å². The first-order valence-electron chi connectivity index (χ1n) is 16.9. The predicted molar refractivity (Wildman–Crippen MR) is 166 cm³/mol. The molecule has 4 saturated carbocycles. The van der Waals surface area contributed by atoms with Gasteiger partial charge in [-0.3, -0.25) is 14.4 Å². The van der Waals surface area contributed by atoms with Crippen LogP contribution < -0.4 is 0 Å². The molecule has 6 fully saturated rings. The molecular formula is C36H48O12. The van der Waals surface area contributed by atoms with Gasteiger partial charge in [-0.05, 0) is 55.6 Å². The van der Waals surface area contributed by atoms with Crippen molar-refractivity contribution in [3.63, 3.8) is 0 Å². The van der Waals surface area contributed by atoms with Crippen molar-refractivity contribution in [3.05, 3.63) is 35.5 Å². The van der Waals surface area contributed by atoms with Gasteiger partial charge in [-0.25, -0.2) is 0 Å². The molecule has 1 aromatic rings. The third-order valence-corrected chi connectivity index (χ3v) is 13.8. The van der Waals surface area contributed by atoms with Crippen LogP contribution in [0.1, 0.15) is 99.2 Å². The Morgan fingerprint density at radius 3 is 2.33 bits per heavy atom. The largest absolute Gasteiger partial charge is 0.512 e. The number of methoxy groups -OCH3 is 1. The lowest BCUT2D eigenvalue weighted by Crippen LogP contribution is -2.91. The Morgan fingerprint density at radius 2 is 1.75 bits per heavy atom. The summed E-state index contributed by atoms with van der Waals surface area (Å²) < 4.78 is 44.3. The van der Waals surface area contributed by atoms with Gasteiger partial charge in [0.1, 0.15) is 22.9 Å². The molecule has 0 aromatic carbocycles. The minimum Gasteiger partial charge on any atom is -0.512 e. The third-order valence-electron chi connectivity index (χ3n) is 13.8. The van der Waals surface area contributed by atoms with Crippen LogP contribution in [-0.4, -0.2) is 70.2 Å². The minimum absolute atomic E-state index is 0.0426. The molecule has 2 aliphatic heterocycles. The third kappa shape index (κ3) is 3.48. The Morgan fingerprint density at radius 1 is 1.06 bits per heavy atom. The second-order valence-corrected chi connectivity index (χ2v) is 16.4. The van der Waals surface area contributed by atoms with Crippen LogP contribution in [-0.2, 0) is 42.8 Å². The van der Waals surface area contributed by atoms with E-state index in [1.165, 1.54) is 26.6 Å². The van der Waals surface area contributed by atoms with Gasteiger partial charge >= 0.3 is 11.9 Å². The molecule has 2 N–H and O–H groups in total. The van der Waals surface area contributed by atoms with Crippen LogP contribution in [0.2, 0.25) is 0 Å². The molecule has 3 heterocycles. The molecule has 4 aliphatic carbocycles. The Balaban J connectivity index is 1.59. The van der Waals surface area contributed by atoms with Crippen molar-refractivity contribution in [1.29, 1.82) is 0 Å². The fourth-order valence-electron chi connectivity index (χ4n) is 12.7. The van der Waals surface area contributed by atoms with Crippen molar-refractivity contribution in [2.75, 3.05) is 7.11 Å². The molecule has 12 atom stereocenters. The number of aliphatic hydroxyl groups excluding tert-OH is 1. The first kappa shape index (κ1) is 33.6. The summed E-state index contributed by atoms with van der Waals surface area (Å²) in [7, 11) is 1.36. The van der Waals surface area contributed by atoms with Crippen molar-refractivity contribution in [2.45, 2.75) is 128 Å². The van der Waals surface area contributed by atoms with Crippen LogP contribution in [0.25, 0.3) is 0 Å². The molecule has 2 spiro atoms. The second kappa shape index (κ2) is 9.86. The van der Waals surface area contributed by atoms with Crippen LogP contribution >= 0.6 is 0 Å². The summed E-state index contributed by atoms with van der Waals surface area (Å²) in [6.45, 7) is 14.9. The van der Waals surface area contributed by atoms with Crippen LogP contribution in [0, 0.1) is 34.0 Å². The van der Waals surface area contributed by atoms with E-state index >= 15 is 0 Å². The Kier molecular flexibility index (Phi) is 6.89. The number of fused-ring (bicyclic) bond motifs is 2. The molecule has 0 radical (unpaired) electrons. The Hall–Kier alpha value is -2.93. The van der Waals surface area contributed by atoms with E-state index in [1.807, 2.05) is 34.6 Å². The number of aliphatic hydroxyl groups is 2. The quantitative estimate of drug-likeness (QED) is 0.156. The van der Waals surface area contributed by atoms with E-state index < -0.39 is 80.6 Å². The van der Waals surface area contributed by atoms with E-state index in [4.69, 9.17) is 32.8 Å². The van der Waals surface area contributed by atoms with Gasteiger partial charge in [-0.15, -0.1) is 0 Å². The summed E-state index contributed by atoms with van der Waals surface area (Å²) in [6.07, 6.45) is 2.00. The summed E-state index contributed by atoms with van der Waals surface area (Å²) in [6, 6.07) is 1.73. The van der Waals surface area contributed by atoms with Crippen molar-refractivity contribution in [2.24, 2.45) is 34.0 Å². The van der Waals surface area contributed by atoms with E-state index in [9.17, 15) is 24.6 Å². The number of hydrogen-bond donors (Lipinski definition) is 2. The Bertz CT molecular complexity index is 1590. The maximum atomic E-state index is 13.3. The average Bonchev–Trinajstić information content (AvgIpc) is 3.70. The van der Waals surface area contributed by atoms with E-state index in [2.05, 4.69) is 0 Å². The van der Waals surface area contributed by atoms with Gasteiger partial charge in [0.25, 0.3) is 12.4 Å². The van der Waals surface area contributed by atoms with E-state index in [0.717, 1.165) is 0 Å². The monoisotopic (exact) mass is 672 g/mol. The summed E-state index contributed by atoms with van der Waals surface area (Å²) in [5, 5.41) is 25.2. The molecule has 2 saturated heterocycles. The van der Waals surface area contributed by atoms with E-state index in [1.54, 1.807) is 19.9 Å². The van der Waals surface area contributed by atoms with Gasteiger partial charge in [-0.2, -0.15) is 0 Å². The molecule has 12 unspecified atom stereocenters. The molecule has 264 valence electrons. The average molecular weight is 673 g/mol. The van der Waals surface area contributed by atoms with Crippen molar-refractivity contribution < 1.29 is 57.4 Å². The normalized spacial score (nSPS) is 48.9. The predicted octanol–water partition coefficient (Wildman–Crippen LogP) is 5.04. The van der Waals surface area contributed by atoms with Gasteiger partial charge in [-0.1, -0.05) is 34.6 Å². The molecular weight excluding hydrogens is 624 g/mol. The van der Waals surface area contributed by atoms with Crippen LogP contribution in [0.3, 0.4) is 0 Å². The zero-order valence-electron chi connectivity index (χ0n) is 29.2. The first-order valence-corrected chi connectivity index (χ1v) is 16.9. The highest BCUT2D eigenvalue weighted by atomic mass is 16.9. The van der Waals surface area contributed by atoms with Gasteiger partial charge in [0.05, 0.1) is 25.4 Å². The first-order chi connectivity index (χ1) is 22.3.